The lowest BCUT2D eigenvalue weighted by Gasteiger charge is -2.18. The molecule has 0 saturated heterocycles. The molecule has 0 bridgehead atoms. The van der Waals surface area contributed by atoms with Crippen LogP contribution in [0.4, 0.5) is 5.69 Å². The highest BCUT2D eigenvalue weighted by Crippen LogP contribution is 2.21. The number of nitrogens with zero attached hydrogens (tertiary/aromatic N) is 2. The van der Waals surface area contributed by atoms with Crippen molar-refractivity contribution in [2.24, 2.45) is 0 Å². The second-order valence-electron chi connectivity index (χ2n) is 4.78. The lowest BCUT2D eigenvalue weighted by molar-refractivity contribution is 0.0737. The SMILES string of the molecule is CCN(Cc1ccco1)C(=O)c1n[nH]c2ccc(N)cc12. The first-order valence-electron chi connectivity index (χ1n) is 6.74. The summed E-state index contributed by atoms with van der Waals surface area (Å²) < 4.78 is 5.30. The van der Waals surface area contributed by atoms with Crippen molar-refractivity contribution in [2.45, 2.75) is 13.5 Å². The van der Waals surface area contributed by atoms with Gasteiger partial charge in [-0.15, -0.1) is 0 Å². The average molecular weight is 284 g/mol. The maximum Gasteiger partial charge on any atom is 0.275 e. The van der Waals surface area contributed by atoms with Gasteiger partial charge in [0.05, 0.1) is 18.3 Å². The number of aromatic nitrogens is 2. The van der Waals surface area contributed by atoms with E-state index in [9.17, 15) is 4.79 Å². The van der Waals surface area contributed by atoms with Gasteiger partial charge < -0.3 is 15.1 Å². The number of hydrogen-bond acceptors (Lipinski definition) is 4. The third kappa shape index (κ3) is 2.47. The number of nitrogens with one attached hydrogen (secondary N) is 1. The zero-order chi connectivity index (χ0) is 14.8. The van der Waals surface area contributed by atoms with Gasteiger partial charge in [0.1, 0.15) is 5.76 Å². The van der Waals surface area contributed by atoms with E-state index in [1.165, 1.54) is 0 Å². The third-order valence-corrected chi connectivity index (χ3v) is 3.39. The van der Waals surface area contributed by atoms with Crippen molar-refractivity contribution in [2.75, 3.05) is 12.3 Å². The Morgan fingerprint density at radius 2 is 2.29 bits per heavy atom. The number of aromatic amines is 1. The molecule has 0 unspecified atom stereocenters. The van der Waals surface area contributed by atoms with Crippen molar-refractivity contribution in [3.63, 3.8) is 0 Å². The summed E-state index contributed by atoms with van der Waals surface area (Å²) in [6.07, 6.45) is 1.60. The Morgan fingerprint density at radius 1 is 1.43 bits per heavy atom. The zero-order valence-corrected chi connectivity index (χ0v) is 11.7. The highest BCUT2D eigenvalue weighted by atomic mass is 16.3. The standard InChI is InChI=1S/C15H16N4O2/c1-2-19(9-11-4-3-7-21-11)15(20)14-12-8-10(16)5-6-13(12)17-18-14/h3-8H,2,9,16H2,1H3,(H,17,18). The number of benzene rings is 1. The Balaban J connectivity index is 1.93. The van der Waals surface area contributed by atoms with Gasteiger partial charge in [-0.2, -0.15) is 5.10 Å². The fourth-order valence-electron chi connectivity index (χ4n) is 2.26. The minimum Gasteiger partial charge on any atom is -0.467 e. The number of fused-ring (bicyclic) bond motifs is 1. The zero-order valence-electron chi connectivity index (χ0n) is 11.7. The molecule has 2 aromatic heterocycles. The van der Waals surface area contributed by atoms with Crippen molar-refractivity contribution in [3.8, 4) is 0 Å². The Hall–Kier alpha value is -2.76. The summed E-state index contributed by atoms with van der Waals surface area (Å²) in [5.74, 6) is 0.593. The molecule has 1 aromatic carbocycles. The predicted molar refractivity (Wildman–Crippen MR) is 79.6 cm³/mol. The normalized spacial score (nSPS) is 10.9. The van der Waals surface area contributed by atoms with Crippen LogP contribution in [0.15, 0.2) is 41.0 Å². The molecule has 21 heavy (non-hydrogen) atoms. The van der Waals surface area contributed by atoms with Crippen LogP contribution in [0.25, 0.3) is 10.9 Å². The maximum absolute atomic E-state index is 12.6. The van der Waals surface area contributed by atoms with E-state index in [1.54, 1.807) is 29.4 Å². The summed E-state index contributed by atoms with van der Waals surface area (Å²) in [6.45, 7) is 2.90. The van der Waals surface area contributed by atoms with E-state index in [0.717, 1.165) is 16.7 Å². The number of furan rings is 1. The lowest BCUT2D eigenvalue weighted by atomic mass is 10.1. The Bertz CT molecular complexity index is 761. The molecule has 3 N–H and O–H groups in total. The van der Waals surface area contributed by atoms with Gasteiger partial charge in [-0.05, 0) is 37.3 Å². The highest BCUT2D eigenvalue weighted by Gasteiger charge is 2.20. The van der Waals surface area contributed by atoms with Crippen LogP contribution in [0, 0.1) is 0 Å². The van der Waals surface area contributed by atoms with Crippen LogP contribution < -0.4 is 5.73 Å². The van der Waals surface area contributed by atoms with Gasteiger partial charge in [0.25, 0.3) is 5.91 Å². The summed E-state index contributed by atoms with van der Waals surface area (Å²) in [5.41, 5.74) is 7.57. The van der Waals surface area contributed by atoms with E-state index in [2.05, 4.69) is 10.2 Å². The molecule has 6 nitrogen and oxygen atoms in total. The van der Waals surface area contributed by atoms with Crippen LogP contribution in [0.2, 0.25) is 0 Å². The van der Waals surface area contributed by atoms with E-state index in [4.69, 9.17) is 10.2 Å². The lowest BCUT2D eigenvalue weighted by Crippen LogP contribution is -2.30. The third-order valence-electron chi connectivity index (χ3n) is 3.39. The van der Waals surface area contributed by atoms with Crippen molar-refractivity contribution >= 4 is 22.5 Å². The topological polar surface area (TPSA) is 88.2 Å². The molecule has 0 aliphatic heterocycles. The molecule has 3 aromatic rings. The molecule has 0 atom stereocenters. The summed E-state index contributed by atoms with van der Waals surface area (Å²) in [4.78, 5) is 14.3. The van der Waals surface area contributed by atoms with Crippen molar-refractivity contribution in [3.05, 3.63) is 48.0 Å². The van der Waals surface area contributed by atoms with Crippen LogP contribution >= 0.6 is 0 Å². The molecular formula is C15H16N4O2. The highest BCUT2D eigenvalue weighted by molar-refractivity contribution is 6.05. The van der Waals surface area contributed by atoms with Gasteiger partial charge in [0.2, 0.25) is 0 Å². The predicted octanol–water partition coefficient (Wildman–Crippen LogP) is 2.40. The van der Waals surface area contributed by atoms with Crippen LogP contribution in [0.5, 0.6) is 0 Å². The molecular weight excluding hydrogens is 268 g/mol. The second-order valence-corrected chi connectivity index (χ2v) is 4.78. The van der Waals surface area contributed by atoms with E-state index in [0.29, 0.717) is 24.5 Å². The smallest absolute Gasteiger partial charge is 0.275 e. The van der Waals surface area contributed by atoms with E-state index < -0.39 is 0 Å². The van der Waals surface area contributed by atoms with Crippen LogP contribution in [-0.2, 0) is 6.54 Å². The maximum atomic E-state index is 12.6. The molecule has 2 heterocycles. The molecule has 0 aliphatic rings. The number of amides is 1. The van der Waals surface area contributed by atoms with Gasteiger partial charge in [-0.1, -0.05) is 0 Å². The fourth-order valence-corrected chi connectivity index (χ4v) is 2.26. The summed E-state index contributed by atoms with van der Waals surface area (Å²) >= 11 is 0. The molecule has 0 saturated carbocycles. The minimum absolute atomic E-state index is 0.147. The van der Waals surface area contributed by atoms with Crippen LogP contribution in [-0.4, -0.2) is 27.5 Å². The summed E-state index contributed by atoms with van der Waals surface area (Å²) in [5, 5.41) is 7.72. The number of carbonyl (C=O) groups is 1. The fraction of sp³-hybridized carbons (Fsp3) is 0.200. The van der Waals surface area contributed by atoms with E-state index in [-0.39, 0.29) is 5.91 Å². The molecule has 108 valence electrons. The first kappa shape index (κ1) is 13.2. The van der Waals surface area contributed by atoms with Gasteiger partial charge >= 0.3 is 0 Å². The molecule has 6 heteroatoms. The number of H-pyrrole nitrogens is 1. The monoisotopic (exact) mass is 284 g/mol. The second kappa shape index (κ2) is 5.32. The molecule has 0 fully saturated rings. The quantitative estimate of drug-likeness (QED) is 0.720. The van der Waals surface area contributed by atoms with Crippen molar-refractivity contribution in [1.29, 1.82) is 0 Å². The molecule has 0 radical (unpaired) electrons. The number of hydrogen-bond donors (Lipinski definition) is 2. The Kier molecular flexibility index (Phi) is 3.35. The number of nitrogen functional groups attached to an aromatic ring is 1. The summed E-state index contributed by atoms with van der Waals surface area (Å²) in [6, 6.07) is 8.99. The van der Waals surface area contributed by atoms with Gasteiger partial charge in [-0.3, -0.25) is 9.89 Å². The van der Waals surface area contributed by atoms with E-state index >= 15 is 0 Å². The van der Waals surface area contributed by atoms with Gasteiger partial charge in [-0.25, -0.2) is 0 Å². The van der Waals surface area contributed by atoms with Gasteiger partial charge in [0, 0.05) is 17.6 Å². The Morgan fingerprint density at radius 3 is 3.00 bits per heavy atom. The van der Waals surface area contributed by atoms with Crippen LogP contribution in [0.1, 0.15) is 23.2 Å². The van der Waals surface area contributed by atoms with Crippen LogP contribution in [0.3, 0.4) is 0 Å². The largest absolute Gasteiger partial charge is 0.467 e. The average Bonchev–Trinajstić information content (AvgIpc) is 3.13. The van der Waals surface area contributed by atoms with E-state index in [1.807, 2.05) is 19.1 Å². The van der Waals surface area contributed by atoms with Crippen molar-refractivity contribution in [1.82, 2.24) is 15.1 Å². The molecule has 0 spiro atoms. The first-order chi connectivity index (χ1) is 10.2. The van der Waals surface area contributed by atoms with Gasteiger partial charge in [0.15, 0.2) is 5.69 Å². The molecule has 1 amide bonds. The molecule has 0 aliphatic carbocycles. The number of rotatable bonds is 4. The summed E-state index contributed by atoms with van der Waals surface area (Å²) in [7, 11) is 0. The van der Waals surface area contributed by atoms with Crippen molar-refractivity contribution < 1.29 is 9.21 Å². The number of nitrogens with two attached hydrogens (primary N) is 1. The minimum atomic E-state index is -0.147. The Labute approximate surface area is 121 Å². The first-order valence-corrected chi connectivity index (χ1v) is 6.74. The number of carbonyl (C=O) groups excluding carboxylic acids is 1. The molecule has 3 rings (SSSR count). The number of anilines is 1.